The number of nitrogens with zero attached hydrogens (tertiary/aromatic N) is 6. The van der Waals surface area contributed by atoms with Gasteiger partial charge in [-0.3, -0.25) is 14.7 Å². The van der Waals surface area contributed by atoms with Crippen LogP contribution >= 0.6 is 11.8 Å². The van der Waals surface area contributed by atoms with Crippen LogP contribution in [0.15, 0.2) is 64.4 Å². The third-order valence-corrected chi connectivity index (χ3v) is 4.91. The van der Waals surface area contributed by atoms with E-state index < -0.39 is 4.92 Å². The van der Waals surface area contributed by atoms with Gasteiger partial charge in [0.1, 0.15) is 12.1 Å². The number of nitro groups is 1. The molecule has 0 unspecified atom stereocenters. The molecule has 146 valence electrons. The van der Waals surface area contributed by atoms with Gasteiger partial charge < -0.3 is 9.15 Å². The van der Waals surface area contributed by atoms with Gasteiger partial charge in [-0.15, -0.1) is 20.4 Å². The lowest BCUT2D eigenvalue weighted by atomic mass is 10.2. The maximum atomic E-state index is 10.8. The number of hydrogen-bond donors (Lipinski definition) is 0. The SMILES string of the molecule is COc1ccccc1-n1cnnc1SCc1nnc(-c2ccc([N+](=O)[O-])cc2)o1. The fraction of sp³-hybridized carbons (Fsp3) is 0.111. The highest BCUT2D eigenvalue weighted by molar-refractivity contribution is 7.98. The Morgan fingerprint density at radius 2 is 1.93 bits per heavy atom. The summed E-state index contributed by atoms with van der Waals surface area (Å²) in [6.07, 6.45) is 1.61. The van der Waals surface area contributed by atoms with E-state index in [-0.39, 0.29) is 5.69 Å². The second kappa shape index (κ2) is 8.10. The Balaban J connectivity index is 1.49. The first-order valence-electron chi connectivity index (χ1n) is 8.39. The van der Waals surface area contributed by atoms with E-state index in [1.54, 1.807) is 25.6 Å². The summed E-state index contributed by atoms with van der Waals surface area (Å²) in [4.78, 5) is 10.3. The second-order valence-corrected chi connectivity index (χ2v) is 6.69. The van der Waals surface area contributed by atoms with E-state index in [0.717, 1.165) is 5.69 Å². The third-order valence-electron chi connectivity index (χ3n) is 3.98. The van der Waals surface area contributed by atoms with Gasteiger partial charge in [0, 0.05) is 17.7 Å². The highest BCUT2D eigenvalue weighted by Crippen LogP contribution is 2.29. The molecule has 0 aliphatic rings. The number of benzene rings is 2. The predicted octanol–water partition coefficient (Wildman–Crippen LogP) is 3.53. The molecule has 0 N–H and O–H groups in total. The summed E-state index contributed by atoms with van der Waals surface area (Å²) >= 11 is 1.38. The number of nitro benzene ring substituents is 1. The average Bonchev–Trinajstić information content (AvgIpc) is 3.41. The van der Waals surface area contributed by atoms with Gasteiger partial charge in [-0.2, -0.15) is 0 Å². The number of ether oxygens (including phenoxy) is 1. The molecule has 0 bridgehead atoms. The quantitative estimate of drug-likeness (QED) is 0.256. The van der Waals surface area contributed by atoms with Crippen molar-refractivity contribution in [2.45, 2.75) is 10.9 Å². The Labute approximate surface area is 168 Å². The number of non-ortho nitro benzene ring substituents is 1. The minimum Gasteiger partial charge on any atom is -0.495 e. The molecule has 2 heterocycles. The summed E-state index contributed by atoms with van der Waals surface area (Å²) < 4.78 is 12.9. The van der Waals surface area contributed by atoms with E-state index in [4.69, 9.17) is 9.15 Å². The topological polar surface area (TPSA) is 122 Å². The zero-order chi connectivity index (χ0) is 20.2. The van der Waals surface area contributed by atoms with Crippen LogP contribution in [0, 0.1) is 10.1 Å². The molecule has 4 aromatic rings. The highest BCUT2D eigenvalue weighted by atomic mass is 32.2. The first-order chi connectivity index (χ1) is 14.2. The molecule has 2 aromatic carbocycles. The fourth-order valence-electron chi connectivity index (χ4n) is 2.60. The molecule has 4 rings (SSSR count). The van der Waals surface area contributed by atoms with Crippen molar-refractivity contribution in [2.75, 3.05) is 7.11 Å². The average molecular weight is 410 g/mol. The number of hydrogen-bond acceptors (Lipinski definition) is 9. The molecule has 0 atom stereocenters. The van der Waals surface area contributed by atoms with Crippen LogP contribution < -0.4 is 4.74 Å². The fourth-order valence-corrected chi connectivity index (χ4v) is 3.36. The van der Waals surface area contributed by atoms with E-state index in [1.165, 1.54) is 23.9 Å². The van der Waals surface area contributed by atoms with Crippen LogP contribution in [0.5, 0.6) is 5.75 Å². The maximum Gasteiger partial charge on any atom is 0.269 e. The first-order valence-corrected chi connectivity index (χ1v) is 9.37. The molecule has 0 amide bonds. The number of methoxy groups -OCH3 is 1. The Morgan fingerprint density at radius 3 is 2.69 bits per heavy atom. The zero-order valence-electron chi connectivity index (χ0n) is 15.1. The van der Waals surface area contributed by atoms with Gasteiger partial charge >= 0.3 is 0 Å². The zero-order valence-corrected chi connectivity index (χ0v) is 15.9. The van der Waals surface area contributed by atoms with E-state index in [2.05, 4.69) is 20.4 Å². The van der Waals surface area contributed by atoms with Crippen LogP contribution in [-0.2, 0) is 5.75 Å². The minimum absolute atomic E-state index is 0.000259. The first kappa shape index (κ1) is 18.6. The van der Waals surface area contributed by atoms with Gasteiger partial charge in [-0.05, 0) is 24.3 Å². The highest BCUT2D eigenvalue weighted by Gasteiger charge is 2.15. The summed E-state index contributed by atoms with van der Waals surface area (Å²) in [5, 5.41) is 27.6. The predicted molar refractivity (Wildman–Crippen MR) is 104 cm³/mol. The number of rotatable bonds is 7. The van der Waals surface area contributed by atoms with Crippen LogP contribution in [0.3, 0.4) is 0 Å². The monoisotopic (exact) mass is 410 g/mol. The Bertz CT molecular complexity index is 1140. The molecule has 0 radical (unpaired) electrons. The minimum atomic E-state index is -0.461. The van der Waals surface area contributed by atoms with E-state index in [9.17, 15) is 10.1 Å². The van der Waals surface area contributed by atoms with Crippen molar-refractivity contribution in [1.82, 2.24) is 25.0 Å². The van der Waals surface area contributed by atoms with Gasteiger partial charge in [-0.1, -0.05) is 23.9 Å². The molecular formula is C18H14N6O4S. The summed E-state index contributed by atoms with van der Waals surface area (Å²) in [7, 11) is 1.61. The molecule has 10 nitrogen and oxygen atoms in total. The number of thioether (sulfide) groups is 1. The molecule has 2 aromatic heterocycles. The molecule has 0 spiro atoms. The second-order valence-electron chi connectivity index (χ2n) is 5.75. The standard InChI is InChI=1S/C18H14N6O4S/c1-27-15-5-3-2-4-14(15)23-11-19-22-18(23)29-10-16-20-21-17(28-16)12-6-8-13(9-7-12)24(25)26/h2-9,11H,10H2,1H3. The lowest BCUT2D eigenvalue weighted by Crippen LogP contribution is -1.98. The normalized spacial score (nSPS) is 10.8. The van der Waals surface area contributed by atoms with E-state index >= 15 is 0 Å². The molecule has 11 heteroatoms. The van der Waals surface area contributed by atoms with Crippen molar-refractivity contribution in [3.8, 4) is 22.9 Å². The molecular weight excluding hydrogens is 396 g/mol. The van der Waals surface area contributed by atoms with Crippen LogP contribution in [0.2, 0.25) is 0 Å². The maximum absolute atomic E-state index is 10.8. The molecule has 0 aliphatic carbocycles. The largest absolute Gasteiger partial charge is 0.495 e. The van der Waals surface area contributed by atoms with Gasteiger partial charge in [0.15, 0.2) is 5.16 Å². The van der Waals surface area contributed by atoms with Gasteiger partial charge in [0.2, 0.25) is 11.8 Å². The molecule has 29 heavy (non-hydrogen) atoms. The number of aromatic nitrogens is 5. The van der Waals surface area contributed by atoms with Gasteiger partial charge in [-0.25, -0.2) is 0 Å². The summed E-state index contributed by atoms with van der Waals surface area (Å²) in [6, 6.07) is 13.5. The third kappa shape index (κ3) is 3.94. The van der Waals surface area contributed by atoms with Gasteiger partial charge in [0.25, 0.3) is 5.69 Å². The lowest BCUT2D eigenvalue weighted by Gasteiger charge is -2.10. The molecule has 0 saturated heterocycles. The van der Waals surface area contributed by atoms with E-state index in [0.29, 0.717) is 34.0 Å². The molecule has 0 fully saturated rings. The van der Waals surface area contributed by atoms with Crippen molar-refractivity contribution in [1.29, 1.82) is 0 Å². The Hall–Kier alpha value is -3.73. The van der Waals surface area contributed by atoms with Crippen LogP contribution in [0.1, 0.15) is 5.89 Å². The number of para-hydroxylation sites is 2. The Morgan fingerprint density at radius 1 is 1.14 bits per heavy atom. The molecule has 0 saturated carbocycles. The van der Waals surface area contributed by atoms with E-state index in [1.807, 2.05) is 28.8 Å². The van der Waals surface area contributed by atoms with Crippen molar-refractivity contribution in [3.63, 3.8) is 0 Å². The molecule has 0 aliphatic heterocycles. The Kier molecular flexibility index (Phi) is 5.20. The van der Waals surface area contributed by atoms with Crippen molar-refractivity contribution in [2.24, 2.45) is 0 Å². The van der Waals surface area contributed by atoms with Crippen molar-refractivity contribution in [3.05, 3.63) is 70.9 Å². The summed E-state index contributed by atoms with van der Waals surface area (Å²) in [6.45, 7) is 0. The van der Waals surface area contributed by atoms with Crippen LogP contribution in [0.4, 0.5) is 5.69 Å². The summed E-state index contributed by atoms with van der Waals surface area (Å²) in [5.41, 5.74) is 1.43. The van der Waals surface area contributed by atoms with Crippen molar-refractivity contribution >= 4 is 17.4 Å². The smallest absolute Gasteiger partial charge is 0.269 e. The summed E-state index contributed by atoms with van der Waals surface area (Å²) in [5.74, 6) is 1.78. The van der Waals surface area contributed by atoms with Crippen LogP contribution in [0.25, 0.3) is 17.1 Å². The van der Waals surface area contributed by atoms with Crippen LogP contribution in [-0.4, -0.2) is 37.0 Å². The van der Waals surface area contributed by atoms with Crippen molar-refractivity contribution < 1.29 is 14.1 Å². The van der Waals surface area contributed by atoms with Gasteiger partial charge in [0.05, 0.1) is 23.5 Å². The lowest BCUT2D eigenvalue weighted by molar-refractivity contribution is -0.384.